The van der Waals surface area contributed by atoms with Gasteiger partial charge in [-0.2, -0.15) is 0 Å². The van der Waals surface area contributed by atoms with Gasteiger partial charge in [0.15, 0.2) is 10.4 Å². The maximum absolute atomic E-state index is 12.5. The standard InChI is InChI=1S/C16H20BrN3O4/c1-10-9-11(17)24-12(10)13(21)18-7-4-8-20-14(22)16(19-15(20)23)5-2-3-6-16/h9H,2-8H2,1H3,(H,18,21)(H,19,23). The first kappa shape index (κ1) is 17.0. The van der Waals surface area contributed by atoms with Crippen LogP contribution in [0, 0.1) is 6.92 Å². The second-order valence-corrected chi connectivity index (χ2v) is 7.13. The van der Waals surface area contributed by atoms with Crippen molar-refractivity contribution >= 4 is 33.8 Å². The molecule has 0 radical (unpaired) electrons. The number of hydrogen-bond acceptors (Lipinski definition) is 4. The number of nitrogens with zero attached hydrogens (tertiary/aromatic N) is 1. The lowest BCUT2D eigenvalue weighted by Crippen LogP contribution is -2.44. The minimum Gasteiger partial charge on any atom is -0.444 e. The van der Waals surface area contributed by atoms with Gasteiger partial charge in [-0.25, -0.2) is 4.79 Å². The van der Waals surface area contributed by atoms with Gasteiger partial charge >= 0.3 is 6.03 Å². The van der Waals surface area contributed by atoms with Gasteiger partial charge in [-0.3, -0.25) is 14.5 Å². The fraction of sp³-hybridized carbons (Fsp3) is 0.562. The van der Waals surface area contributed by atoms with Crippen molar-refractivity contribution in [2.75, 3.05) is 13.1 Å². The van der Waals surface area contributed by atoms with Crippen molar-refractivity contribution in [2.24, 2.45) is 0 Å². The highest BCUT2D eigenvalue weighted by atomic mass is 79.9. The van der Waals surface area contributed by atoms with E-state index in [1.54, 1.807) is 13.0 Å². The smallest absolute Gasteiger partial charge is 0.325 e. The van der Waals surface area contributed by atoms with Crippen LogP contribution < -0.4 is 10.6 Å². The zero-order valence-corrected chi connectivity index (χ0v) is 15.1. The third kappa shape index (κ3) is 3.07. The lowest BCUT2D eigenvalue weighted by atomic mass is 9.98. The number of halogens is 1. The largest absolute Gasteiger partial charge is 0.444 e. The number of amides is 4. The van der Waals surface area contributed by atoms with Gasteiger partial charge in [0, 0.05) is 18.7 Å². The minimum absolute atomic E-state index is 0.123. The Hall–Kier alpha value is -1.83. The van der Waals surface area contributed by atoms with Crippen LogP contribution in [0.1, 0.15) is 48.2 Å². The highest BCUT2D eigenvalue weighted by Gasteiger charge is 2.51. The van der Waals surface area contributed by atoms with Crippen LogP contribution in [0.4, 0.5) is 4.79 Å². The number of aryl methyl sites for hydroxylation is 1. The molecule has 1 aliphatic carbocycles. The molecule has 2 fully saturated rings. The molecule has 0 bridgehead atoms. The molecular formula is C16H20BrN3O4. The number of carbonyl (C=O) groups is 3. The zero-order valence-electron chi connectivity index (χ0n) is 13.5. The first-order valence-corrected chi connectivity index (χ1v) is 8.90. The summed E-state index contributed by atoms with van der Waals surface area (Å²) >= 11 is 3.19. The predicted molar refractivity (Wildman–Crippen MR) is 89.5 cm³/mol. The quantitative estimate of drug-likeness (QED) is 0.588. The Balaban J connectivity index is 1.48. The molecule has 130 valence electrons. The van der Waals surface area contributed by atoms with Gasteiger partial charge in [0.1, 0.15) is 5.54 Å². The summed E-state index contributed by atoms with van der Waals surface area (Å²) in [6.07, 6.45) is 3.87. The molecule has 0 aromatic carbocycles. The van der Waals surface area contributed by atoms with Gasteiger partial charge < -0.3 is 15.1 Å². The molecule has 0 atom stereocenters. The molecular weight excluding hydrogens is 378 g/mol. The maximum Gasteiger partial charge on any atom is 0.325 e. The molecule has 1 saturated heterocycles. The first-order chi connectivity index (χ1) is 11.4. The highest BCUT2D eigenvalue weighted by molar-refractivity contribution is 9.10. The topological polar surface area (TPSA) is 91.7 Å². The van der Waals surface area contributed by atoms with Crippen LogP contribution in [-0.2, 0) is 4.79 Å². The molecule has 1 aliphatic heterocycles. The van der Waals surface area contributed by atoms with E-state index in [9.17, 15) is 14.4 Å². The Morgan fingerprint density at radius 1 is 1.42 bits per heavy atom. The molecule has 1 spiro atoms. The highest BCUT2D eigenvalue weighted by Crippen LogP contribution is 2.34. The van der Waals surface area contributed by atoms with Crippen LogP contribution in [0.25, 0.3) is 0 Å². The van der Waals surface area contributed by atoms with Crippen molar-refractivity contribution in [3.8, 4) is 0 Å². The van der Waals surface area contributed by atoms with Gasteiger partial charge in [0.25, 0.3) is 11.8 Å². The number of rotatable bonds is 5. The summed E-state index contributed by atoms with van der Waals surface area (Å²) in [6, 6.07) is 1.41. The van der Waals surface area contributed by atoms with Gasteiger partial charge in [0.05, 0.1) is 0 Å². The summed E-state index contributed by atoms with van der Waals surface area (Å²) in [5.74, 6) is -0.161. The molecule has 1 aromatic rings. The minimum atomic E-state index is -0.669. The molecule has 1 saturated carbocycles. The van der Waals surface area contributed by atoms with Crippen LogP contribution in [-0.4, -0.2) is 41.4 Å². The Morgan fingerprint density at radius 2 is 2.12 bits per heavy atom. The molecule has 2 N–H and O–H groups in total. The van der Waals surface area contributed by atoms with E-state index in [1.807, 2.05) is 0 Å². The lowest BCUT2D eigenvalue weighted by molar-refractivity contribution is -0.131. The number of furan rings is 1. The van der Waals surface area contributed by atoms with Gasteiger partial charge in [-0.15, -0.1) is 0 Å². The second kappa shape index (κ2) is 6.58. The molecule has 0 unspecified atom stereocenters. The van der Waals surface area contributed by atoms with Gasteiger partial charge in [0.2, 0.25) is 0 Å². The lowest BCUT2D eigenvalue weighted by Gasteiger charge is -2.20. The van der Waals surface area contributed by atoms with Crippen molar-refractivity contribution in [3.05, 3.63) is 22.1 Å². The van der Waals surface area contributed by atoms with Crippen molar-refractivity contribution in [2.45, 2.75) is 44.6 Å². The summed E-state index contributed by atoms with van der Waals surface area (Å²) in [5.41, 5.74) is 0.0781. The molecule has 1 aromatic heterocycles. The summed E-state index contributed by atoms with van der Waals surface area (Å²) in [6.45, 7) is 2.45. The third-order valence-electron chi connectivity index (χ3n) is 4.64. The van der Waals surface area contributed by atoms with E-state index in [-0.39, 0.29) is 23.6 Å². The van der Waals surface area contributed by atoms with Crippen molar-refractivity contribution in [1.29, 1.82) is 0 Å². The van der Waals surface area contributed by atoms with Crippen LogP contribution in [0.5, 0.6) is 0 Å². The maximum atomic E-state index is 12.5. The Kier molecular flexibility index (Phi) is 4.67. The van der Waals surface area contributed by atoms with E-state index in [2.05, 4.69) is 26.6 Å². The summed E-state index contributed by atoms with van der Waals surface area (Å²) < 4.78 is 5.79. The SMILES string of the molecule is Cc1cc(Br)oc1C(=O)NCCCN1C(=O)NC2(CCCC2)C1=O. The number of nitrogens with one attached hydrogen (secondary N) is 2. The molecule has 7 nitrogen and oxygen atoms in total. The van der Waals surface area contributed by atoms with E-state index in [1.165, 1.54) is 4.90 Å². The van der Waals surface area contributed by atoms with E-state index in [4.69, 9.17) is 4.42 Å². The normalized spacial score (nSPS) is 19.2. The third-order valence-corrected chi connectivity index (χ3v) is 5.03. The van der Waals surface area contributed by atoms with E-state index in [0.29, 0.717) is 24.2 Å². The molecule has 2 aliphatic rings. The molecule has 3 rings (SSSR count). The van der Waals surface area contributed by atoms with E-state index < -0.39 is 5.54 Å². The van der Waals surface area contributed by atoms with E-state index >= 15 is 0 Å². The Morgan fingerprint density at radius 3 is 2.75 bits per heavy atom. The number of urea groups is 1. The summed E-state index contributed by atoms with van der Waals surface area (Å²) in [5, 5.41) is 5.59. The van der Waals surface area contributed by atoms with E-state index in [0.717, 1.165) is 31.2 Å². The Labute approximate surface area is 148 Å². The predicted octanol–water partition coefficient (Wildman–Crippen LogP) is 2.34. The van der Waals surface area contributed by atoms with Crippen molar-refractivity contribution in [3.63, 3.8) is 0 Å². The van der Waals surface area contributed by atoms with Crippen LogP contribution in [0.3, 0.4) is 0 Å². The van der Waals surface area contributed by atoms with Gasteiger partial charge in [-0.05, 0) is 48.2 Å². The molecule has 24 heavy (non-hydrogen) atoms. The zero-order chi connectivity index (χ0) is 17.3. The van der Waals surface area contributed by atoms with Crippen LogP contribution in [0.2, 0.25) is 0 Å². The van der Waals surface area contributed by atoms with Crippen LogP contribution >= 0.6 is 15.9 Å². The van der Waals surface area contributed by atoms with Gasteiger partial charge in [-0.1, -0.05) is 12.8 Å². The van der Waals surface area contributed by atoms with Crippen molar-refractivity contribution in [1.82, 2.24) is 15.5 Å². The number of imide groups is 1. The average Bonchev–Trinajstić information content (AvgIpc) is 3.18. The van der Waals surface area contributed by atoms with Crippen LogP contribution in [0.15, 0.2) is 15.2 Å². The Bertz CT molecular complexity index is 679. The second-order valence-electron chi connectivity index (χ2n) is 6.35. The first-order valence-electron chi connectivity index (χ1n) is 8.11. The molecule has 4 amide bonds. The molecule has 8 heteroatoms. The fourth-order valence-electron chi connectivity index (χ4n) is 3.38. The summed E-state index contributed by atoms with van der Waals surface area (Å²) in [7, 11) is 0. The molecule has 2 heterocycles. The monoisotopic (exact) mass is 397 g/mol. The average molecular weight is 398 g/mol. The van der Waals surface area contributed by atoms with Crippen molar-refractivity contribution < 1.29 is 18.8 Å². The number of carbonyl (C=O) groups excluding carboxylic acids is 3. The summed E-state index contributed by atoms with van der Waals surface area (Å²) in [4.78, 5) is 37.8. The number of hydrogen-bond donors (Lipinski definition) is 2. The fourth-order valence-corrected chi connectivity index (χ4v) is 3.89.